The van der Waals surface area contributed by atoms with Crippen molar-refractivity contribution < 1.29 is 19.8 Å². The molecule has 1 atom stereocenters. The number of carboxylic acid groups (broad SMARTS) is 2. The molecule has 4 nitrogen and oxygen atoms in total. The first-order valence-corrected chi connectivity index (χ1v) is 5.71. The van der Waals surface area contributed by atoms with Crippen LogP contribution >= 0.6 is 0 Å². The summed E-state index contributed by atoms with van der Waals surface area (Å²) in [4.78, 5) is 21.3. The maximum absolute atomic E-state index is 10.7. The largest absolute Gasteiger partial charge is 0.477 e. The highest BCUT2D eigenvalue weighted by Crippen LogP contribution is 2.17. The number of unbranched alkanes of at least 4 members (excludes halogenated alkanes) is 2. The Morgan fingerprint density at radius 1 is 1.12 bits per heavy atom. The zero-order valence-corrected chi connectivity index (χ0v) is 9.90. The Bertz CT molecular complexity index is 252. The number of hydrogen-bond donors (Lipinski definition) is 2. The number of carboxylic acids is 2. The normalized spacial score (nSPS) is 11.9. The van der Waals surface area contributed by atoms with Gasteiger partial charge in [0.25, 0.3) is 0 Å². The van der Waals surface area contributed by atoms with Gasteiger partial charge in [-0.25, -0.2) is 9.59 Å². The van der Waals surface area contributed by atoms with Crippen molar-refractivity contribution in [1.82, 2.24) is 0 Å². The lowest BCUT2D eigenvalue weighted by Crippen LogP contribution is -2.13. The first-order chi connectivity index (χ1) is 7.52. The average Bonchev–Trinajstić information content (AvgIpc) is 2.22. The summed E-state index contributed by atoms with van der Waals surface area (Å²) >= 11 is 0. The summed E-state index contributed by atoms with van der Waals surface area (Å²) in [6.45, 7) is 4.03. The quantitative estimate of drug-likeness (QED) is 0.290. The fourth-order valence-electron chi connectivity index (χ4n) is 1.53. The van der Waals surface area contributed by atoms with Crippen LogP contribution in [0.15, 0.2) is 11.6 Å². The summed E-state index contributed by atoms with van der Waals surface area (Å²) in [6.07, 6.45) is 6.21. The Morgan fingerprint density at radius 2 is 1.69 bits per heavy atom. The zero-order chi connectivity index (χ0) is 12.6. The summed E-state index contributed by atoms with van der Waals surface area (Å²) in [5.74, 6) is -2.67. The van der Waals surface area contributed by atoms with Gasteiger partial charge in [-0.05, 0) is 18.8 Å². The van der Waals surface area contributed by atoms with Crippen LogP contribution in [0.2, 0.25) is 0 Å². The van der Waals surface area contributed by atoms with Gasteiger partial charge in [-0.1, -0.05) is 39.2 Å². The third-order valence-corrected chi connectivity index (χ3v) is 2.57. The summed E-state index contributed by atoms with van der Waals surface area (Å²) in [5.41, 5.74) is -0.511. The van der Waals surface area contributed by atoms with Crippen molar-refractivity contribution in [2.75, 3.05) is 0 Å². The van der Waals surface area contributed by atoms with E-state index in [2.05, 4.69) is 6.92 Å². The van der Waals surface area contributed by atoms with E-state index in [1.807, 2.05) is 6.92 Å². The first-order valence-electron chi connectivity index (χ1n) is 5.71. The summed E-state index contributed by atoms with van der Waals surface area (Å²) < 4.78 is 0. The molecule has 0 aliphatic carbocycles. The Hall–Kier alpha value is -1.32. The second-order valence-corrected chi connectivity index (χ2v) is 3.85. The zero-order valence-electron chi connectivity index (χ0n) is 9.90. The van der Waals surface area contributed by atoms with Crippen molar-refractivity contribution in [2.45, 2.75) is 46.0 Å². The van der Waals surface area contributed by atoms with Crippen LogP contribution < -0.4 is 0 Å². The van der Waals surface area contributed by atoms with E-state index in [0.717, 1.165) is 32.1 Å². The number of allylic oxidation sites excluding steroid dienone is 1. The van der Waals surface area contributed by atoms with Gasteiger partial charge in [0.2, 0.25) is 0 Å². The van der Waals surface area contributed by atoms with Crippen molar-refractivity contribution in [3.05, 3.63) is 11.6 Å². The monoisotopic (exact) mass is 228 g/mol. The maximum Gasteiger partial charge on any atom is 0.342 e. The molecular weight excluding hydrogens is 208 g/mol. The highest BCUT2D eigenvalue weighted by molar-refractivity contribution is 6.12. The molecule has 4 heteroatoms. The third-order valence-electron chi connectivity index (χ3n) is 2.57. The molecule has 0 heterocycles. The molecule has 0 aromatic rings. The van der Waals surface area contributed by atoms with E-state index >= 15 is 0 Å². The molecule has 0 aromatic carbocycles. The average molecular weight is 228 g/mol. The predicted molar refractivity (Wildman–Crippen MR) is 61.3 cm³/mol. The van der Waals surface area contributed by atoms with Crippen LogP contribution in [0.25, 0.3) is 0 Å². The van der Waals surface area contributed by atoms with Gasteiger partial charge in [0.15, 0.2) is 0 Å². The molecule has 0 spiro atoms. The minimum atomic E-state index is -1.36. The van der Waals surface area contributed by atoms with Gasteiger partial charge in [-0.2, -0.15) is 0 Å². The van der Waals surface area contributed by atoms with Gasteiger partial charge >= 0.3 is 11.9 Å². The number of carbonyl (C=O) groups is 2. The lowest BCUT2D eigenvalue weighted by Gasteiger charge is -2.10. The number of aliphatic carboxylic acids is 2. The molecule has 0 fully saturated rings. The number of hydrogen-bond acceptors (Lipinski definition) is 2. The summed E-state index contributed by atoms with van der Waals surface area (Å²) in [5, 5.41) is 17.4. The maximum atomic E-state index is 10.7. The molecule has 0 saturated heterocycles. The van der Waals surface area contributed by atoms with Gasteiger partial charge < -0.3 is 10.2 Å². The molecule has 0 saturated carbocycles. The van der Waals surface area contributed by atoms with Crippen molar-refractivity contribution in [3.8, 4) is 0 Å². The second kappa shape index (κ2) is 7.91. The summed E-state index contributed by atoms with van der Waals surface area (Å²) in [7, 11) is 0. The molecule has 0 aliphatic heterocycles. The van der Waals surface area contributed by atoms with E-state index in [-0.39, 0.29) is 5.92 Å². The van der Waals surface area contributed by atoms with E-state index in [1.54, 1.807) is 0 Å². The van der Waals surface area contributed by atoms with Crippen LogP contribution in [0.4, 0.5) is 0 Å². The molecule has 92 valence electrons. The van der Waals surface area contributed by atoms with Crippen molar-refractivity contribution in [3.63, 3.8) is 0 Å². The van der Waals surface area contributed by atoms with E-state index in [4.69, 9.17) is 10.2 Å². The Kier molecular flexibility index (Phi) is 7.25. The van der Waals surface area contributed by atoms with Gasteiger partial charge in [-0.3, -0.25) is 0 Å². The minimum absolute atomic E-state index is 0.0498. The molecular formula is C12H20O4. The van der Waals surface area contributed by atoms with Gasteiger partial charge in [-0.15, -0.1) is 0 Å². The van der Waals surface area contributed by atoms with Crippen LogP contribution in [0.1, 0.15) is 46.0 Å². The highest BCUT2D eigenvalue weighted by atomic mass is 16.4. The molecule has 16 heavy (non-hydrogen) atoms. The Morgan fingerprint density at radius 3 is 2.06 bits per heavy atom. The predicted octanol–water partition coefficient (Wildman–Crippen LogP) is 2.69. The highest BCUT2D eigenvalue weighted by Gasteiger charge is 2.17. The Labute approximate surface area is 96.0 Å². The van der Waals surface area contributed by atoms with E-state index < -0.39 is 17.5 Å². The first kappa shape index (κ1) is 14.7. The second-order valence-electron chi connectivity index (χ2n) is 3.85. The molecule has 0 radical (unpaired) electrons. The van der Waals surface area contributed by atoms with Crippen molar-refractivity contribution in [1.29, 1.82) is 0 Å². The summed E-state index contributed by atoms with van der Waals surface area (Å²) in [6, 6.07) is 0. The van der Waals surface area contributed by atoms with Gasteiger partial charge in [0, 0.05) is 0 Å². The molecule has 0 amide bonds. The molecule has 2 N–H and O–H groups in total. The number of rotatable bonds is 8. The fourth-order valence-corrected chi connectivity index (χ4v) is 1.53. The van der Waals surface area contributed by atoms with E-state index in [0.29, 0.717) is 0 Å². The standard InChI is InChI=1S/C12H20O4/c1-3-5-6-7-9(4-2)8-10(11(13)14)12(15)16/h8-9H,3-7H2,1-2H3,(H,13,14)(H,15,16). The minimum Gasteiger partial charge on any atom is -0.477 e. The Balaban J connectivity index is 4.50. The van der Waals surface area contributed by atoms with Crippen LogP contribution in [-0.2, 0) is 9.59 Å². The lowest BCUT2D eigenvalue weighted by molar-refractivity contribution is -0.140. The van der Waals surface area contributed by atoms with E-state index in [9.17, 15) is 9.59 Å². The topological polar surface area (TPSA) is 74.6 Å². The van der Waals surface area contributed by atoms with Gasteiger partial charge in [0.05, 0.1) is 0 Å². The van der Waals surface area contributed by atoms with E-state index in [1.165, 1.54) is 6.08 Å². The van der Waals surface area contributed by atoms with Gasteiger partial charge in [0.1, 0.15) is 5.57 Å². The lowest BCUT2D eigenvalue weighted by atomic mass is 9.96. The SMILES string of the molecule is CCCCCC(C=C(C(=O)O)C(=O)O)CC. The molecule has 0 rings (SSSR count). The van der Waals surface area contributed by atoms with Crippen LogP contribution in [0, 0.1) is 5.92 Å². The molecule has 1 unspecified atom stereocenters. The van der Waals surface area contributed by atoms with Crippen LogP contribution in [0.5, 0.6) is 0 Å². The van der Waals surface area contributed by atoms with Crippen LogP contribution in [-0.4, -0.2) is 22.2 Å². The van der Waals surface area contributed by atoms with Crippen molar-refractivity contribution >= 4 is 11.9 Å². The molecule has 0 bridgehead atoms. The fraction of sp³-hybridized carbons (Fsp3) is 0.667. The molecule has 0 aromatic heterocycles. The third kappa shape index (κ3) is 5.53. The van der Waals surface area contributed by atoms with Crippen molar-refractivity contribution in [2.24, 2.45) is 5.92 Å². The smallest absolute Gasteiger partial charge is 0.342 e. The van der Waals surface area contributed by atoms with Crippen LogP contribution in [0.3, 0.4) is 0 Å². The molecule has 0 aliphatic rings.